The number of rotatable bonds is 5. The van der Waals surface area contributed by atoms with E-state index in [0.29, 0.717) is 39.9 Å². The Labute approximate surface area is 194 Å². The van der Waals surface area contributed by atoms with Crippen LogP contribution in [0.25, 0.3) is 5.76 Å². The number of anilines is 1. The van der Waals surface area contributed by atoms with E-state index in [2.05, 4.69) is 4.98 Å². The van der Waals surface area contributed by atoms with Crippen LogP contribution in [0.5, 0.6) is 23.0 Å². The molecule has 0 bridgehead atoms. The van der Waals surface area contributed by atoms with E-state index >= 15 is 0 Å². The lowest BCUT2D eigenvalue weighted by Gasteiger charge is -2.24. The molecule has 5 rings (SSSR count). The largest absolute Gasteiger partial charge is 0.507 e. The number of carbonyl (C=O) groups is 2. The molecule has 3 heterocycles. The van der Waals surface area contributed by atoms with Crippen molar-refractivity contribution in [2.45, 2.75) is 6.04 Å². The molecule has 1 N–H and O–H groups in total. The highest BCUT2D eigenvalue weighted by Crippen LogP contribution is 2.44. The summed E-state index contributed by atoms with van der Waals surface area (Å²) in [5, 5.41) is 11.3. The Morgan fingerprint density at radius 2 is 1.79 bits per heavy atom. The molecular formula is C25H20N2O7. The lowest BCUT2D eigenvalue weighted by Crippen LogP contribution is -2.29. The molecule has 0 radical (unpaired) electrons. The van der Waals surface area contributed by atoms with E-state index in [0.717, 1.165) is 0 Å². The summed E-state index contributed by atoms with van der Waals surface area (Å²) in [5.41, 5.74) is 1.03. The molecule has 0 saturated carbocycles. The van der Waals surface area contributed by atoms with Crippen LogP contribution in [0, 0.1) is 0 Å². The van der Waals surface area contributed by atoms with Gasteiger partial charge in [-0.25, -0.2) is 0 Å². The number of methoxy groups -OCH3 is 2. The van der Waals surface area contributed by atoms with Crippen molar-refractivity contribution in [1.82, 2.24) is 4.98 Å². The number of aliphatic hydroxyl groups is 1. The minimum atomic E-state index is -0.963. The van der Waals surface area contributed by atoms with Crippen LogP contribution >= 0.6 is 0 Å². The fourth-order valence-corrected chi connectivity index (χ4v) is 4.09. The van der Waals surface area contributed by atoms with Gasteiger partial charge in [0.25, 0.3) is 11.7 Å². The normalized spacial score (nSPS) is 18.3. The highest BCUT2D eigenvalue weighted by molar-refractivity contribution is 6.51. The number of pyridine rings is 1. The second kappa shape index (κ2) is 8.43. The molecule has 34 heavy (non-hydrogen) atoms. The quantitative estimate of drug-likeness (QED) is 0.351. The second-order valence-corrected chi connectivity index (χ2v) is 7.53. The monoisotopic (exact) mass is 460 g/mol. The summed E-state index contributed by atoms with van der Waals surface area (Å²) in [6.07, 6.45) is 1.56. The smallest absolute Gasteiger partial charge is 0.300 e. The number of fused-ring (bicyclic) bond motifs is 1. The zero-order chi connectivity index (χ0) is 23.8. The Morgan fingerprint density at radius 1 is 1.00 bits per heavy atom. The van der Waals surface area contributed by atoms with Crippen molar-refractivity contribution in [2.24, 2.45) is 0 Å². The summed E-state index contributed by atoms with van der Waals surface area (Å²) in [4.78, 5) is 32.2. The molecule has 0 aliphatic carbocycles. The van der Waals surface area contributed by atoms with E-state index in [1.807, 2.05) is 0 Å². The van der Waals surface area contributed by atoms with Gasteiger partial charge in [-0.05, 0) is 42.5 Å². The number of Topliss-reactive ketones (excluding diaryl/α,β-unsaturated/α-hetero) is 1. The maximum atomic E-state index is 13.3. The number of aliphatic hydroxyl groups excluding tert-OH is 1. The van der Waals surface area contributed by atoms with Crippen LogP contribution in [0.15, 0.2) is 66.4 Å². The third-order valence-corrected chi connectivity index (χ3v) is 5.70. The number of hydrogen-bond acceptors (Lipinski definition) is 8. The fourth-order valence-electron chi connectivity index (χ4n) is 4.09. The summed E-state index contributed by atoms with van der Waals surface area (Å²) in [6.45, 7) is 0.0700. The highest BCUT2D eigenvalue weighted by Gasteiger charge is 2.48. The molecule has 1 atom stereocenters. The Kier molecular flexibility index (Phi) is 5.29. The van der Waals surface area contributed by atoms with Crippen LogP contribution < -0.4 is 23.8 Å². The number of carbonyl (C=O) groups excluding carboxylic acids is 2. The molecule has 1 amide bonds. The molecule has 3 aromatic rings. The molecule has 2 aliphatic rings. The number of aromatic nitrogens is 1. The summed E-state index contributed by atoms with van der Waals surface area (Å²) in [7, 11) is 2.96. The average Bonchev–Trinajstić information content (AvgIpc) is 3.45. The van der Waals surface area contributed by atoms with Crippen molar-refractivity contribution in [3.8, 4) is 23.0 Å². The van der Waals surface area contributed by atoms with Crippen molar-refractivity contribution in [3.63, 3.8) is 0 Å². The first-order valence-electron chi connectivity index (χ1n) is 10.4. The first kappa shape index (κ1) is 21.3. The van der Waals surface area contributed by atoms with Crippen molar-refractivity contribution in [1.29, 1.82) is 0 Å². The van der Waals surface area contributed by atoms with E-state index in [-0.39, 0.29) is 18.1 Å². The van der Waals surface area contributed by atoms with Crippen LogP contribution in [0.1, 0.15) is 17.3 Å². The van der Waals surface area contributed by atoms with Crippen molar-refractivity contribution in [3.05, 3.63) is 77.6 Å². The first-order valence-corrected chi connectivity index (χ1v) is 10.4. The van der Waals surface area contributed by atoms with Crippen molar-refractivity contribution >= 4 is 23.1 Å². The van der Waals surface area contributed by atoms with Gasteiger partial charge in [-0.3, -0.25) is 19.5 Å². The van der Waals surface area contributed by atoms with E-state index in [1.54, 1.807) is 54.7 Å². The molecule has 172 valence electrons. The topological polar surface area (TPSA) is 107 Å². The highest BCUT2D eigenvalue weighted by atomic mass is 16.7. The zero-order valence-electron chi connectivity index (χ0n) is 18.3. The van der Waals surface area contributed by atoms with Gasteiger partial charge >= 0.3 is 0 Å². The Morgan fingerprint density at radius 3 is 2.53 bits per heavy atom. The first-order chi connectivity index (χ1) is 16.5. The Bertz CT molecular complexity index is 1320. The molecular weight excluding hydrogens is 440 g/mol. The maximum Gasteiger partial charge on any atom is 0.300 e. The minimum absolute atomic E-state index is 0.0700. The van der Waals surface area contributed by atoms with Gasteiger partial charge in [0, 0.05) is 23.5 Å². The average molecular weight is 460 g/mol. The van der Waals surface area contributed by atoms with Gasteiger partial charge in [-0.1, -0.05) is 6.07 Å². The molecule has 2 aliphatic heterocycles. The number of benzene rings is 2. The minimum Gasteiger partial charge on any atom is -0.507 e. The molecule has 9 heteroatoms. The summed E-state index contributed by atoms with van der Waals surface area (Å²) in [5.74, 6) is -0.151. The number of ketones is 1. The van der Waals surface area contributed by atoms with E-state index in [1.165, 1.54) is 25.2 Å². The van der Waals surface area contributed by atoms with Crippen molar-refractivity contribution in [2.75, 3.05) is 25.9 Å². The standard InChI is InChI=1S/C25H20N2O7/c1-31-17-8-6-14(11-19(17)32-2)23(28)21-22(16-5-3-4-10-26-16)27(25(30)24(21)29)15-7-9-18-20(12-15)34-13-33-18/h3-12,22,28H,13H2,1-2H3/b23-21+. The Balaban J connectivity index is 1.69. The lowest BCUT2D eigenvalue weighted by atomic mass is 9.98. The van der Waals surface area contributed by atoms with Crippen molar-refractivity contribution < 1.29 is 33.6 Å². The maximum absolute atomic E-state index is 13.3. The predicted octanol–water partition coefficient (Wildman–Crippen LogP) is 3.45. The summed E-state index contributed by atoms with van der Waals surface area (Å²) < 4.78 is 21.4. The van der Waals surface area contributed by atoms with Crippen LogP contribution in [-0.2, 0) is 9.59 Å². The van der Waals surface area contributed by atoms with Gasteiger partial charge < -0.3 is 24.1 Å². The van der Waals surface area contributed by atoms with E-state index in [4.69, 9.17) is 18.9 Å². The second-order valence-electron chi connectivity index (χ2n) is 7.53. The van der Waals surface area contributed by atoms with Crippen LogP contribution in [0.4, 0.5) is 5.69 Å². The van der Waals surface area contributed by atoms with E-state index < -0.39 is 17.7 Å². The van der Waals surface area contributed by atoms with Gasteiger partial charge in [0.15, 0.2) is 23.0 Å². The van der Waals surface area contributed by atoms with Gasteiger partial charge in [0.05, 0.1) is 25.5 Å². The number of nitrogens with zero attached hydrogens (tertiary/aromatic N) is 2. The lowest BCUT2D eigenvalue weighted by molar-refractivity contribution is -0.132. The SMILES string of the molecule is COc1ccc(/C(O)=C2\C(=O)C(=O)N(c3ccc4c(c3)OCO4)C2c2ccccn2)cc1OC. The molecule has 1 unspecified atom stereocenters. The van der Waals surface area contributed by atoms with Gasteiger partial charge in [-0.2, -0.15) is 0 Å². The number of hydrogen-bond donors (Lipinski definition) is 1. The van der Waals surface area contributed by atoms with E-state index in [9.17, 15) is 14.7 Å². The van der Waals surface area contributed by atoms with Gasteiger partial charge in [0.1, 0.15) is 11.8 Å². The third kappa shape index (κ3) is 3.38. The summed E-state index contributed by atoms with van der Waals surface area (Å²) in [6, 6.07) is 13.9. The van der Waals surface area contributed by atoms with Crippen LogP contribution in [0.3, 0.4) is 0 Å². The fraction of sp³-hybridized carbons (Fsp3) is 0.160. The molecule has 1 aromatic heterocycles. The Hall–Kier alpha value is -4.53. The van der Waals surface area contributed by atoms with Gasteiger partial charge in [-0.15, -0.1) is 0 Å². The van der Waals surface area contributed by atoms with Crippen LogP contribution in [0.2, 0.25) is 0 Å². The number of ether oxygens (including phenoxy) is 4. The molecule has 2 aromatic carbocycles. The zero-order valence-corrected chi connectivity index (χ0v) is 18.3. The molecule has 1 saturated heterocycles. The predicted molar refractivity (Wildman–Crippen MR) is 121 cm³/mol. The molecule has 9 nitrogen and oxygen atoms in total. The third-order valence-electron chi connectivity index (χ3n) is 5.70. The molecule has 0 spiro atoms. The van der Waals surface area contributed by atoms with Crippen LogP contribution in [-0.4, -0.2) is 42.8 Å². The van der Waals surface area contributed by atoms with Gasteiger partial charge in [0.2, 0.25) is 6.79 Å². The summed E-state index contributed by atoms with van der Waals surface area (Å²) >= 11 is 0. The number of amides is 1. The molecule has 1 fully saturated rings.